The van der Waals surface area contributed by atoms with E-state index in [9.17, 15) is 4.79 Å². The first-order chi connectivity index (χ1) is 8.52. The summed E-state index contributed by atoms with van der Waals surface area (Å²) in [7, 11) is 0. The highest BCUT2D eigenvalue weighted by Crippen LogP contribution is 2.28. The molecular weight excluding hydrogens is 224 g/mol. The molecule has 18 heavy (non-hydrogen) atoms. The Bertz CT molecular complexity index is 164. The van der Waals surface area contributed by atoms with Crippen LogP contribution in [0.2, 0.25) is 0 Å². The lowest BCUT2D eigenvalue weighted by Gasteiger charge is -2.24. The number of carbonyl (C=O) groups is 1. The third kappa shape index (κ3) is 11.9. The number of hydrogen-bond donors (Lipinski definition) is 0. The van der Waals surface area contributed by atoms with Crippen LogP contribution in [0.3, 0.4) is 0 Å². The normalized spacial score (nSPS) is 12.2. The van der Waals surface area contributed by atoms with Gasteiger partial charge in [0.15, 0.2) is 0 Å². The summed E-state index contributed by atoms with van der Waals surface area (Å²) in [6, 6.07) is 0. The molecule has 2 nitrogen and oxygen atoms in total. The van der Waals surface area contributed by atoms with Crippen molar-refractivity contribution in [1.29, 1.82) is 0 Å². The van der Waals surface area contributed by atoms with E-state index in [1.54, 1.807) is 0 Å². The molecule has 0 aliphatic heterocycles. The van der Waals surface area contributed by atoms with Gasteiger partial charge in [-0.2, -0.15) is 0 Å². The zero-order chi connectivity index (χ0) is 15.0. The van der Waals surface area contributed by atoms with E-state index in [4.69, 9.17) is 4.74 Å². The summed E-state index contributed by atoms with van der Waals surface area (Å²) in [4.78, 5) is 11.5. The summed E-state index contributed by atoms with van der Waals surface area (Å²) >= 11 is 0. The molecule has 0 spiro atoms. The average molecular weight is 260 g/mol. The molecule has 0 aromatic carbocycles. The van der Waals surface area contributed by atoms with Gasteiger partial charge < -0.3 is 4.74 Å². The Balaban J connectivity index is -0.000000317. The predicted molar refractivity (Wildman–Crippen MR) is 81.9 cm³/mol. The van der Waals surface area contributed by atoms with Gasteiger partial charge in [-0.05, 0) is 26.7 Å². The van der Waals surface area contributed by atoms with Gasteiger partial charge in [0.05, 0.1) is 12.0 Å². The summed E-state index contributed by atoms with van der Waals surface area (Å²) in [5, 5.41) is 0. The quantitative estimate of drug-likeness (QED) is 0.581. The maximum atomic E-state index is 11.5. The van der Waals surface area contributed by atoms with Crippen LogP contribution in [-0.4, -0.2) is 12.6 Å². The summed E-state index contributed by atoms with van der Waals surface area (Å²) in [6.45, 7) is 16.8. The maximum Gasteiger partial charge on any atom is 0.311 e. The molecule has 112 valence electrons. The molecule has 2 heteroatoms. The fraction of sp³-hybridized carbons (Fsp3) is 0.938. The van der Waals surface area contributed by atoms with Crippen molar-refractivity contribution in [3.8, 4) is 0 Å². The molecule has 0 aliphatic carbocycles. The highest BCUT2D eigenvalue weighted by Gasteiger charge is 2.31. The van der Waals surface area contributed by atoms with E-state index in [0.29, 0.717) is 6.61 Å². The van der Waals surface area contributed by atoms with Crippen molar-refractivity contribution in [1.82, 2.24) is 0 Å². The van der Waals surface area contributed by atoms with Gasteiger partial charge in [0.25, 0.3) is 0 Å². The molecule has 0 saturated carbocycles. The van der Waals surface area contributed by atoms with Gasteiger partial charge >= 0.3 is 5.97 Å². The molecule has 0 heterocycles. The lowest BCUT2D eigenvalue weighted by Crippen LogP contribution is -2.29. The molecule has 0 N–H and O–H groups in total. The van der Waals surface area contributed by atoms with Gasteiger partial charge in [-0.15, -0.1) is 0 Å². The van der Waals surface area contributed by atoms with Crippen LogP contribution >= 0.6 is 0 Å². The molecule has 1 unspecified atom stereocenters. The molecule has 0 aromatic heterocycles. The summed E-state index contributed by atoms with van der Waals surface area (Å²) in [6.07, 6.45) is 5.45. The van der Waals surface area contributed by atoms with Gasteiger partial charge in [-0.3, -0.25) is 4.79 Å². The van der Waals surface area contributed by atoms with Crippen molar-refractivity contribution >= 4 is 5.97 Å². The van der Waals surface area contributed by atoms with E-state index in [1.807, 2.05) is 34.6 Å². The molecule has 0 amide bonds. The average Bonchev–Trinajstić information content (AvgIpc) is 2.41. The number of ether oxygens (including phenoxy) is 1. The molecule has 0 bridgehead atoms. The number of rotatable bonds is 6. The number of carbonyl (C=O) groups excluding carboxylic acids is 1. The second-order valence-electron chi connectivity index (χ2n) is 4.38. The van der Waals surface area contributed by atoms with Crippen molar-refractivity contribution in [2.75, 3.05) is 6.61 Å². The van der Waals surface area contributed by atoms with Crippen molar-refractivity contribution < 1.29 is 9.53 Å². The van der Waals surface area contributed by atoms with Gasteiger partial charge in [0.2, 0.25) is 0 Å². The molecule has 0 fully saturated rings. The van der Waals surface area contributed by atoms with Gasteiger partial charge in [0.1, 0.15) is 0 Å². The predicted octanol–water partition coefficient (Wildman–Crippen LogP) is 5.60. The highest BCUT2D eigenvalue weighted by atomic mass is 16.5. The first kappa shape index (κ1) is 22.6. The first-order valence-corrected chi connectivity index (χ1v) is 7.69. The first-order valence-electron chi connectivity index (χ1n) is 7.69. The molecule has 0 saturated heterocycles. The molecule has 0 aliphatic rings. The molecule has 0 rings (SSSR count). The zero-order valence-electron chi connectivity index (χ0n) is 14.1. The van der Waals surface area contributed by atoms with Crippen molar-refractivity contribution in [3.05, 3.63) is 0 Å². The third-order valence-electron chi connectivity index (χ3n) is 2.85. The summed E-state index contributed by atoms with van der Waals surface area (Å²) in [5.74, 6) is -0.0469. The summed E-state index contributed by atoms with van der Waals surface area (Å²) in [5.41, 5.74) is -0.259. The third-order valence-corrected chi connectivity index (χ3v) is 2.85. The zero-order valence-corrected chi connectivity index (χ0v) is 14.1. The smallest absolute Gasteiger partial charge is 0.311 e. The monoisotopic (exact) mass is 260 g/mol. The van der Waals surface area contributed by atoms with Crippen LogP contribution < -0.4 is 0 Å². The number of unbranched alkanes of at least 4 members (excludes halogenated alkanes) is 1. The Morgan fingerprint density at radius 1 is 0.944 bits per heavy atom. The van der Waals surface area contributed by atoms with Crippen LogP contribution in [-0.2, 0) is 9.53 Å². The lowest BCUT2D eigenvalue weighted by molar-refractivity contribution is -0.155. The Kier molecular flexibility index (Phi) is 20.7. The van der Waals surface area contributed by atoms with Crippen LogP contribution in [0.4, 0.5) is 0 Å². The topological polar surface area (TPSA) is 26.3 Å². The minimum atomic E-state index is -0.259. The van der Waals surface area contributed by atoms with Crippen LogP contribution in [0.25, 0.3) is 0 Å². The Labute approximate surface area is 116 Å². The van der Waals surface area contributed by atoms with Crippen molar-refractivity contribution in [2.24, 2.45) is 5.41 Å². The van der Waals surface area contributed by atoms with E-state index in [-0.39, 0.29) is 11.4 Å². The van der Waals surface area contributed by atoms with Gasteiger partial charge in [-0.25, -0.2) is 0 Å². The second kappa shape index (κ2) is 16.5. The van der Waals surface area contributed by atoms with E-state index in [1.165, 1.54) is 12.8 Å². The maximum absolute atomic E-state index is 11.5. The lowest BCUT2D eigenvalue weighted by atomic mass is 9.83. The summed E-state index contributed by atoms with van der Waals surface area (Å²) < 4.78 is 5.01. The Hall–Kier alpha value is -0.530. The molecular formula is C16H36O2. The van der Waals surface area contributed by atoms with Crippen molar-refractivity contribution in [2.45, 2.75) is 87.5 Å². The van der Waals surface area contributed by atoms with Crippen LogP contribution in [0.5, 0.6) is 0 Å². The fourth-order valence-corrected chi connectivity index (χ4v) is 1.28. The standard InChI is InChI=1S/C10H20O2.C4H10.C2H6/c1-5-8-10(4,6-2)9(11)12-7-3;1-3-4-2;1-2/h5-8H2,1-4H3;3-4H2,1-2H3;1-2H3. The Morgan fingerprint density at radius 2 is 1.39 bits per heavy atom. The Morgan fingerprint density at radius 3 is 1.61 bits per heavy atom. The largest absolute Gasteiger partial charge is 0.466 e. The number of hydrogen-bond acceptors (Lipinski definition) is 2. The molecule has 0 aromatic rings. The molecule has 0 radical (unpaired) electrons. The fourth-order valence-electron chi connectivity index (χ4n) is 1.28. The van der Waals surface area contributed by atoms with Gasteiger partial charge in [0, 0.05) is 0 Å². The van der Waals surface area contributed by atoms with Crippen LogP contribution in [0, 0.1) is 5.41 Å². The SMILES string of the molecule is CC.CCCC.CCCC(C)(CC)C(=O)OCC. The van der Waals surface area contributed by atoms with E-state index in [0.717, 1.165) is 19.3 Å². The molecule has 1 atom stereocenters. The van der Waals surface area contributed by atoms with E-state index >= 15 is 0 Å². The second-order valence-corrected chi connectivity index (χ2v) is 4.38. The van der Waals surface area contributed by atoms with Crippen LogP contribution in [0.15, 0.2) is 0 Å². The number of esters is 1. The van der Waals surface area contributed by atoms with E-state index < -0.39 is 0 Å². The highest BCUT2D eigenvalue weighted by molar-refractivity contribution is 5.76. The van der Waals surface area contributed by atoms with Crippen LogP contribution in [0.1, 0.15) is 87.5 Å². The minimum Gasteiger partial charge on any atom is -0.466 e. The van der Waals surface area contributed by atoms with Crippen molar-refractivity contribution in [3.63, 3.8) is 0 Å². The van der Waals surface area contributed by atoms with E-state index in [2.05, 4.69) is 20.8 Å². The minimum absolute atomic E-state index is 0.0469. The van der Waals surface area contributed by atoms with Gasteiger partial charge in [-0.1, -0.05) is 60.8 Å².